The zero-order valence-electron chi connectivity index (χ0n) is 7.84. The summed E-state index contributed by atoms with van der Waals surface area (Å²) in [7, 11) is 1.29. The van der Waals surface area contributed by atoms with Crippen LogP contribution in [-0.2, 0) is 6.54 Å². The fourth-order valence-corrected chi connectivity index (χ4v) is 1.04. The summed E-state index contributed by atoms with van der Waals surface area (Å²) in [6.45, 7) is -0.150. The summed E-state index contributed by atoms with van der Waals surface area (Å²) in [5, 5.41) is 0. The summed E-state index contributed by atoms with van der Waals surface area (Å²) in [5.41, 5.74) is 5.36. The summed E-state index contributed by atoms with van der Waals surface area (Å²) in [6, 6.07) is 1.08. The molecular formula is C8H9F3N2O2. The fraction of sp³-hybridized carbons (Fsp3) is 0.375. The van der Waals surface area contributed by atoms with Crippen molar-refractivity contribution in [2.24, 2.45) is 5.73 Å². The number of aromatic nitrogens is 1. The second-order valence-electron chi connectivity index (χ2n) is 2.55. The first kappa shape index (κ1) is 11.6. The van der Waals surface area contributed by atoms with E-state index in [1.54, 1.807) is 0 Å². The van der Waals surface area contributed by atoms with Crippen LogP contribution in [0.5, 0.6) is 11.6 Å². The van der Waals surface area contributed by atoms with E-state index in [-0.39, 0.29) is 18.0 Å². The number of halogens is 3. The topological polar surface area (TPSA) is 57.4 Å². The second-order valence-corrected chi connectivity index (χ2v) is 2.55. The first-order valence-corrected chi connectivity index (χ1v) is 3.95. The van der Waals surface area contributed by atoms with Crippen molar-refractivity contribution in [3.8, 4) is 11.6 Å². The number of ether oxygens (including phenoxy) is 2. The lowest BCUT2D eigenvalue weighted by Crippen LogP contribution is -2.19. The average molecular weight is 222 g/mol. The minimum Gasteiger partial charge on any atom is -0.481 e. The third kappa shape index (κ3) is 2.98. The van der Waals surface area contributed by atoms with E-state index in [1.165, 1.54) is 7.11 Å². The molecule has 15 heavy (non-hydrogen) atoms. The van der Waals surface area contributed by atoms with Crippen LogP contribution < -0.4 is 15.2 Å². The van der Waals surface area contributed by atoms with Crippen molar-refractivity contribution in [3.63, 3.8) is 0 Å². The number of nitrogens with zero attached hydrogens (tertiary/aromatic N) is 1. The first-order chi connectivity index (χ1) is 6.98. The molecule has 0 unspecified atom stereocenters. The summed E-state index contributed by atoms with van der Waals surface area (Å²) in [5.74, 6) is -0.365. The van der Waals surface area contributed by atoms with Crippen molar-refractivity contribution >= 4 is 0 Å². The van der Waals surface area contributed by atoms with Gasteiger partial charge in [-0.2, -0.15) is 0 Å². The Morgan fingerprint density at radius 3 is 2.60 bits per heavy atom. The molecule has 1 heterocycles. The van der Waals surface area contributed by atoms with E-state index in [4.69, 9.17) is 10.5 Å². The molecule has 0 saturated carbocycles. The van der Waals surface area contributed by atoms with Crippen LogP contribution in [0, 0.1) is 0 Å². The van der Waals surface area contributed by atoms with Gasteiger partial charge in [-0.1, -0.05) is 0 Å². The van der Waals surface area contributed by atoms with Crippen molar-refractivity contribution in [3.05, 3.63) is 17.8 Å². The van der Waals surface area contributed by atoms with E-state index in [0.717, 1.165) is 12.3 Å². The Hall–Kier alpha value is -1.50. The molecule has 0 fully saturated rings. The predicted molar refractivity (Wildman–Crippen MR) is 45.4 cm³/mol. The van der Waals surface area contributed by atoms with Crippen molar-refractivity contribution in [1.29, 1.82) is 0 Å². The normalized spacial score (nSPS) is 11.3. The predicted octanol–water partition coefficient (Wildman–Crippen LogP) is 1.45. The lowest BCUT2D eigenvalue weighted by Gasteiger charge is -2.13. The van der Waals surface area contributed by atoms with Crippen LogP contribution >= 0.6 is 0 Å². The Morgan fingerprint density at radius 2 is 2.13 bits per heavy atom. The van der Waals surface area contributed by atoms with Gasteiger partial charge in [-0.15, -0.1) is 13.2 Å². The number of pyridine rings is 1. The number of rotatable bonds is 3. The molecule has 0 aliphatic carbocycles. The highest BCUT2D eigenvalue weighted by atomic mass is 19.4. The smallest absolute Gasteiger partial charge is 0.481 e. The van der Waals surface area contributed by atoms with Gasteiger partial charge in [0.1, 0.15) is 5.75 Å². The van der Waals surface area contributed by atoms with Gasteiger partial charge in [0.15, 0.2) is 0 Å². The van der Waals surface area contributed by atoms with E-state index in [0.29, 0.717) is 0 Å². The summed E-state index contributed by atoms with van der Waals surface area (Å²) >= 11 is 0. The maximum atomic E-state index is 12.0. The number of methoxy groups -OCH3 is 1. The quantitative estimate of drug-likeness (QED) is 0.840. The zero-order valence-corrected chi connectivity index (χ0v) is 7.84. The molecular weight excluding hydrogens is 213 g/mol. The second kappa shape index (κ2) is 4.35. The fourth-order valence-electron chi connectivity index (χ4n) is 1.04. The van der Waals surface area contributed by atoms with Crippen LogP contribution in [-0.4, -0.2) is 18.5 Å². The molecule has 0 aromatic carbocycles. The number of hydrogen-bond donors (Lipinski definition) is 1. The average Bonchev–Trinajstić information content (AvgIpc) is 2.15. The SMILES string of the molecule is COc1nccc(OC(F)(F)F)c1CN. The lowest BCUT2D eigenvalue weighted by atomic mass is 10.2. The first-order valence-electron chi connectivity index (χ1n) is 3.95. The lowest BCUT2D eigenvalue weighted by molar-refractivity contribution is -0.274. The van der Waals surface area contributed by atoms with Crippen molar-refractivity contribution in [2.45, 2.75) is 12.9 Å². The Balaban J connectivity index is 3.06. The van der Waals surface area contributed by atoms with Crippen LogP contribution in [0.3, 0.4) is 0 Å². The highest BCUT2D eigenvalue weighted by molar-refractivity contribution is 5.39. The monoisotopic (exact) mass is 222 g/mol. The highest BCUT2D eigenvalue weighted by Gasteiger charge is 2.32. The summed E-state index contributed by atoms with van der Waals surface area (Å²) in [4.78, 5) is 3.71. The molecule has 1 rings (SSSR count). The Labute approximate surface area is 83.8 Å². The number of alkyl halides is 3. The Bertz CT molecular complexity index is 341. The van der Waals surface area contributed by atoms with Gasteiger partial charge in [-0.25, -0.2) is 4.98 Å². The van der Waals surface area contributed by atoms with E-state index in [9.17, 15) is 13.2 Å². The molecule has 0 aliphatic rings. The largest absolute Gasteiger partial charge is 0.573 e. The summed E-state index contributed by atoms with van der Waals surface area (Å²) in [6.07, 6.45) is -3.60. The Kier molecular flexibility index (Phi) is 3.35. The summed E-state index contributed by atoms with van der Waals surface area (Å²) < 4.78 is 44.4. The van der Waals surface area contributed by atoms with E-state index >= 15 is 0 Å². The van der Waals surface area contributed by atoms with Crippen LogP contribution in [0.1, 0.15) is 5.56 Å². The third-order valence-electron chi connectivity index (χ3n) is 1.60. The van der Waals surface area contributed by atoms with Crippen molar-refractivity contribution in [2.75, 3.05) is 7.11 Å². The molecule has 1 aromatic rings. The number of nitrogens with two attached hydrogens (primary N) is 1. The molecule has 2 N–H and O–H groups in total. The molecule has 0 bridgehead atoms. The maximum Gasteiger partial charge on any atom is 0.573 e. The van der Waals surface area contributed by atoms with Gasteiger partial charge in [-0.05, 0) is 6.07 Å². The van der Waals surface area contributed by atoms with Gasteiger partial charge in [0.25, 0.3) is 0 Å². The molecule has 1 aromatic heterocycles. The molecule has 4 nitrogen and oxygen atoms in total. The standard InChI is InChI=1S/C8H9F3N2O2/c1-14-7-5(4-12)6(2-3-13-7)15-8(9,10)11/h2-3H,4,12H2,1H3. The van der Waals surface area contributed by atoms with E-state index in [2.05, 4.69) is 9.72 Å². The van der Waals surface area contributed by atoms with Crippen molar-refractivity contribution in [1.82, 2.24) is 4.98 Å². The zero-order chi connectivity index (χ0) is 11.5. The molecule has 0 spiro atoms. The van der Waals surface area contributed by atoms with Crippen molar-refractivity contribution < 1.29 is 22.6 Å². The minimum absolute atomic E-state index is 0.0271. The van der Waals surface area contributed by atoms with Gasteiger partial charge >= 0.3 is 6.36 Å². The maximum absolute atomic E-state index is 12.0. The molecule has 0 aliphatic heterocycles. The molecule has 0 radical (unpaired) electrons. The number of hydrogen-bond acceptors (Lipinski definition) is 4. The van der Waals surface area contributed by atoms with Gasteiger partial charge in [-0.3, -0.25) is 0 Å². The minimum atomic E-state index is -4.75. The molecule has 7 heteroatoms. The van der Waals surface area contributed by atoms with E-state index in [1.807, 2.05) is 0 Å². The van der Waals surface area contributed by atoms with Gasteiger partial charge in [0.2, 0.25) is 5.88 Å². The van der Waals surface area contributed by atoms with Gasteiger partial charge < -0.3 is 15.2 Å². The van der Waals surface area contributed by atoms with E-state index < -0.39 is 12.1 Å². The molecule has 0 amide bonds. The van der Waals surface area contributed by atoms with Gasteiger partial charge in [0.05, 0.1) is 12.7 Å². The van der Waals surface area contributed by atoms with Gasteiger partial charge in [0, 0.05) is 12.7 Å². The molecule has 0 saturated heterocycles. The van der Waals surface area contributed by atoms with Crippen LogP contribution in [0.15, 0.2) is 12.3 Å². The molecule has 84 valence electrons. The molecule has 0 atom stereocenters. The van der Waals surface area contributed by atoms with Crippen LogP contribution in [0.4, 0.5) is 13.2 Å². The van der Waals surface area contributed by atoms with Crippen LogP contribution in [0.2, 0.25) is 0 Å². The third-order valence-corrected chi connectivity index (χ3v) is 1.60. The highest BCUT2D eigenvalue weighted by Crippen LogP contribution is 2.30. The van der Waals surface area contributed by atoms with Crippen LogP contribution in [0.25, 0.3) is 0 Å². The Morgan fingerprint density at radius 1 is 1.47 bits per heavy atom.